The maximum atomic E-state index is 12.7. The molecule has 0 N–H and O–H groups in total. The van der Waals surface area contributed by atoms with Crippen LogP contribution in [0.2, 0.25) is 10.0 Å². The second-order valence-electron chi connectivity index (χ2n) is 5.12. The quantitative estimate of drug-likeness (QED) is 0.591. The molecule has 0 saturated carbocycles. The van der Waals surface area contributed by atoms with E-state index in [0.29, 0.717) is 0 Å². The Morgan fingerprint density at radius 3 is 2.31 bits per heavy atom. The van der Waals surface area contributed by atoms with Crippen LogP contribution in [0.5, 0.6) is 17.2 Å². The van der Waals surface area contributed by atoms with Crippen LogP contribution in [0, 0.1) is 0 Å². The fourth-order valence-electron chi connectivity index (χ4n) is 1.93. The molecule has 2 aromatic carbocycles. The fraction of sp³-hybridized carbons (Fsp3) is 0.235. The van der Waals surface area contributed by atoms with Gasteiger partial charge in [0.2, 0.25) is 0 Å². The minimum absolute atomic E-state index is 0.0141. The fourth-order valence-corrected chi connectivity index (χ4v) is 2.31. The van der Waals surface area contributed by atoms with Gasteiger partial charge in [-0.3, -0.25) is 0 Å². The molecular formula is C17H13Cl2F3O4. The minimum atomic E-state index is -4.52. The molecule has 140 valence electrons. The van der Waals surface area contributed by atoms with Gasteiger partial charge in [0.05, 0.1) is 22.7 Å². The summed E-state index contributed by atoms with van der Waals surface area (Å²) >= 11 is 11.9. The zero-order valence-electron chi connectivity index (χ0n) is 13.6. The first kappa shape index (κ1) is 20.2. The summed E-state index contributed by atoms with van der Waals surface area (Å²) in [5, 5.41) is -0.0517. The van der Waals surface area contributed by atoms with E-state index in [1.807, 2.05) is 0 Å². The predicted molar refractivity (Wildman–Crippen MR) is 90.1 cm³/mol. The van der Waals surface area contributed by atoms with E-state index in [4.69, 9.17) is 32.7 Å². The highest BCUT2D eigenvalue weighted by Gasteiger charge is 2.31. The summed E-state index contributed by atoms with van der Waals surface area (Å²) < 4.78 is 53.5. The Labute approximate surface area is 157 Å². The Bertz CT molecular complexity index is 809. The van der Waals surface area contributed by atoms with Crippen molar-refractivity contribution in [1.82, 2.24) is 0 Å². The number of halogens is 5. The molecule has 9 heteroatoms. The smallest absolute Gasteiger partial charge is 0.416 e. The van der Waals surface area contributed by atoms with Gasteiger partial charge in [0.25, 0.3) is 0 Å². The molecular weight excluding hydrogens is 396 g/mol. The number of hydrogen-bond acceptors (Lipinski definition) is 4. The van der Waals surface area contributed by atoms with Crippen LogP contribution in [0.3, 0.4) is 0 Å². The van der Waals surface area contributed by atoms with Crippen LogP contribution in [0.1, 0.15) is 12.5 Å². The van der Waals surface area contributed by atoms with Crippen LogP contribution < -0.4 is 9.47 Å². The minimum Gasteiger partial charge on any atom is -0.479 e. The van der Waals surface area contributed by atoms with Crippen molar-refractivity contribution in [3.05, 3.63) is 52.0 Å². The molecule has 2 rings (SSSR count). The number of ether oxygens (including phenoxy) is 3. The zero-order valence-corrected chi connectivity index (χ0v) is 15.1. The van der Waals surface area contributed by atoms with Gasteiger partial charge < -0.3 is 14.2 Å². The third-order valence-corrected chi connectivity index (χ3v) is 3.84. The van der Waals surface area contributed by atoms with Crippen LogP contribution in [-0.4, -0.2) is 19.2 Å². The van der Waals surface area contributed by atoms with Gasteiger partial charge in [0.15, 0.2) is 6.10 Å². The molecule has 26 heavy (non-hydrogen) atoms. The Morgan fingerprint density at radius 1 is 1.04 bits per heavy atom. The van der Waals surface area contributed by atoms with Gasteiger partial charge in [0.1, 0.15) is 17.2 Å². The molecule has 0 bridgehead atoms. The molecule has 0 aliphatic carbocycles. The van der Waals surface area contributed by atoms with E-state index in [-0.39, 0.29) is 27.3 Å². The average Bonchev–Trinajstić information content (AvgIpc) is 2.57. The molecule has 2 aromatic rings. The second kappa shape index (κ2) is 8.05. The van der Waals surface area contributed by atoms with E-state index in [2.05, 4.69) is 4.74 Å². The number of alkyl halides is 3. The highest BCUT2D eigenvalue weighted by atomic mass is 35.5. The summed E-state index contributed by atoms with van der Waals surface area (Å²) in [6.45, 7) is 1.49. The molecule has 1 unspecified atom stereocenters. The van der Waals surface area contributed by atoms with Gasteiger partial charge in [-0.25, -0.2) is 4.79 Å². The lowest BCUT2D eigenvalue weighted by Gasteiger charge is -2.15. The van der Waals surface area contributed by atoms with Crippen LogP contribution >= 0.6 is 23.2 Å². The number of carbonyl (C=O) groups is 1. The number of rotatable bonds is 5. The molecule has 0 heterocycles. The Morgan fingerprint density at radius 2 is 1.73 bits per heavy atom. The molecule has 0 fully saturated rings. The van der Waals surface area contributed by atoms with Crippen LogP contribution in [0.15, 0.2) is 36.4 Å². The molecule has 0 radical (unpaired) electrons. The highest BCUT2D eigenvalue weighted by Crippen LogP contribution is 2.39. The summed E-state index contributed by atoms with van der Waals surface area (Å²) in [4.78, 5) is 11.4. The number of carbonyl (C=O) groups excluding carboxylic acids is 1. The lowest BCUT2D eigenvalue weighted by Crippen LogP contribution is -2.24. The Hall–Kier alpha value is -2.12. The number of methoxy groups -OCH3 is 1. The molecule has 1 atom stereocenters. The highest BCUT2D eigenvalue weighted by molar-refractivity contribution is 6.33. The van der Waals surface area contributed by atoms with Crippen LogP contribution in [0.25, 0.3) is 0 Å². The van der Waals surface area contributed by atoms with E-state index < -0.39 is 23.8 Å². The van der Waals surface area contributed by atoms with Gasteiger partial charge in [-0.05, 0) is 37.3 Å². The SMILES string of the molecule is COC(=O)C(C)Oc1ccc(Cl)c(Oc2ccc(C(F)(F)F)cc2Cl)c1. The topological polar surface area (TPSA) is 44.8 Å². The molecule has 0 aromatic heterocycles. The van der Waals surface area contributed by atoms with E-state index >= 15 is 0 Å². The predicted octanol–water partition coefficient (Wildman–Crippen LogP) is 5.74. The van der Waals surface area contributed by atoms with Crippen molar-refractivity contribution in [1.29, 1.82) is 0 Å². The molecule has 0 aliphatic heterocycles. The van der Waals surface area contributed by atoms with Gasteiger partial charge >= 0.3 is 12.1 Å². The average molecular weight is 409 g/mol. The summed E-state index contributed by atoms with van der Waals surface area (Å²) in [7, 11) is 1.23. The van der Waals surface area contributed by atoms with E-state index in [9.17, 15) is 18.0 Å². The third-order valence-electron chi connectivity index (χ3n) is 3.23. The standard InChI is InChI=1S/C17H13Cl2F3O4/c1-9(16(23)24-2)25-11-4-5-12(18)15(8-11)26-14-6-3-10(7-13(14)19)17(20,21)22/h3-9H,1-2H3. The first-order valence-corrected chi connectivity index (χ1v) is 7.96. The van der Waals surface area contributed by atoms with Crippen molar-refractivity contribution in [3.63, 3.8) is 0 Å². The lowest BCUT2D eigenvalue weighted by atomic mass is 10.2. The normalized spacial score (nSPS) is 12.4. The summed E-state index contributed by atoms with van der Waals surface area (Å²) in [5.74, 6) is -0.235. The first-order chi connectivity index (χ1) is 12.1. The van der Waals surface area contributed by atoms with Gasteiger partial charge in [-0.1, -0.05) is 23.2 Å². The van der Waals surface area contributed by atoms with Crippen molar-refractivity contribution in [2.24, 2.45) is 0 Å². The van der Waals surface area contributed by atoms with E-state index in [1.165, 1.54) is 32.2 Å². The lowest BCUT2D eigenvalue weighted by molar-refractivity contribution is -0.148. The van der Waals surface area contributed by atoms with Crippen molar-refractivity contribution >= 4 is 29.2 Å². The van der Waals surface area contributed by atoms with Crippen LogP contribution in [0.4, 0.5) is 13.2 Å². The summed E-state index contributed by atoms with van der Waals surface area (Å²) in [6.07, 6.45) is -5.39. The maximum absolute atomic E-state index is 12.7. The maximum Gasteiger partial charge on any atom is 0.416 e. The molecule has 0 spiro atoms. The molecule has 0 amide bonds. The monoisotopic (exact) mass is 408 g/mol. The van der Waals surface area contributed by atoms with Gasteiger partial charge in [-0.15, -0.1) is 0 Å². The zero-order chi connectivity index (χ0) is 19.5. The van der Waals surface area contributed by atoms with Gasteiger partial charge in [-0.2, -0.15) is 13.2 Å². The molecule has 4 nitrogen and oxygen atoms in total. The first-order valence-electron chi connectivity index (χ1n) is 7.20. The third kappa shape index (κ3) is 4.95. The number of benzene rings is 2. The van der Waals surface area contributed by atoms with Crippen molar-refractivity contribution in [3.8, 4) is 17.2 Å². The van der Waals surface area contributed by atoms with E-state index in [1.54, 1.807) is 0 Å². The number of hydrogen-bond donors (Lipinski definition) is 0. The Kier molecular flexibility index (Phi) is 6.26. The summed E-state index contributed by atoms with van der Waals surface area (Å²) in [5.41, 5.74) is -0.898. The Balaban J connectivity index is 2.24. The van der Waals surface area contributed by atoms with E-state index in [0.717, 1.165) is 18.2 Å². The number of esters is 1. The largest absolute Gasteiger partial charge is 0.479 e. The molecule has 0 aliphatic rings. The van der Waals surface area contributed by atoms with Crippen molar-refractivity contribution < 1.29 is 32.2 Å². The summed E-state index contributed by atoms with van der Waals surface area (Å²) in [6, 6.07) is 7.03. The van der Waals surface area contributed by atoms with Crippen molar-refractivity contribution in [2.75, 3.05) is 7.11 Å². The van der Waals surface area contributed by atoms with Crippen molar-refractivity contribution in [2.45, 2.75) is 19.2 Å². The molecule has 0 saturated heterocycles. The van der Waals surface area contributed by atoms with Gasteiger partial charge in [0, 0.05) is 6.07 Å². The second-order valence-corrected chi connectivity index (χ2v) is 5.93. The van der Waals surface area contributed by atoms with Crippen LogP contribution in [-0.2, 0) is 15.7 Å².